The largest absolute Gasteiger partial charge is 0.493 e. The molecule has 7 nitrogen and oxygen atoms in total. The van der Waals surface area contributed by atoms with E-state index in [-0.39, 0.29) is 29.9 Å². The Hall–Kier alpha value is -2.36. The van der Waals surface area contributed by atoms with Crippen LogP contribution in [0.3, 0.4) is 0 Å². The van der Waals surface area contributed by atoms with E-state index in [1.807, 2.05) is 0 Å². The van der Waals surface area contributed by atoms with E-state index < -0.39 is 0 Å². The third-order valence-corrected chi connectivity index (χ3v) is 4.31. The topological polar surface area (TPSA) is 87.6 Å². The summed E-state index contributed by atoms with van der Waals surface area (Å²) in [6.45, 7) is 2.65. The molecule has 0 atom stereocenters. The highest BCUT2D eigenvalue weighted by molar-refractivity contribution is 14.0. The highest BCUT2D eigenvalue weighted by Crippen LogP contribution is 2.25. The van der Waals surface area contributed by atoms with E-state index in [2.05, 4.69) is 44.1 Å². The molecule has 3 N–H and O–H groups in total. The monoisotopic (exact) mass is 495 g/mol. The summed E-state index contributed by atoms with van der Waals surface area (Å²) in [5.74, 6) is 1.60. The highest BCUT2D eigenvalue weighted by Gasteiger charge is 2.11. The van der Waals surface area contributed by atoms with Gasteiger partial charge in [0.1, 0.15) is 5.75 Å². The molecule has 0 bridgehead atoms. The lowest BCUT2D eigenvalue weighted by molar-refractivity contribution is 0.0954. The number of fused-ring (bicyclic) bond motifs is 1. The van der Waals surface area contributed by atoms with Crippen molar-refractivity contribution in [2.24, 2.45) is 4.99 Å². The van der Waals surface area contributed by atoms with Crippen molar-refractivity contribution in [1.29, 1.82) is 0 Å². The molecular formula is C20H26IN5O2. The number of aliphatic imine (C=N–C) groups is 1. The fourth-order valence-electron chi connectivity index (χ4n) is 2.90. The maximum atomic E-state index is 11.9. The van der Waals surface area contributed by atoms with E-state index >= 15 is 0 Å². The van der Waals surface area contributed by atoms with Gasteiger partial charge in [-0.05, 0) is 35.7 Å². The first kappa shape index (κ1) is 21.9. The summed E-state index contributed by atoms with van der Waals surface area (Å²) in [6, 6.07) is 9.86. The molecule has 1 aromatic carbocycles. The molecule has 0 spiro atoms. The quantitative estimate of drug-likeness (QED) is 0.236. The van der Waals surface area contributed by atoms with Crippen LogP contribution in [0.4, 0.5) is 0 Å². The molecule has 150 valence electrons. The Morgan fingerprint density at radius 3 is 2.79 bits per heavy atom. The lowest BCUT2D eigenvalue weighted by Gasteiger charge is -2.12. The van der Waals surface area contributed by atoms with E-state index in [9.17, 15) is 4.79 Å². The zero-order valence-electron chi connectivity index (χ0n) is 15.9. The van der Waals surface area contributed by atoms with Crippen molar-refractivity contribution in [1.82, 2.24) is 20.9 Å². The minimum Gasteiger partial charge on any atom is -0.493 e. The van der Waals surface area contributed by atoms with E-state index in [1.165, 1.54) is 11.1 Å². The van der Waals surface area contributed by atoms with Crippen LogP contribution in [0, 0.1) is 0 Å². The number of amides is 1. The number of halogens is 1. The Labute approximate surface area is 182 Å². The third-order valence-electron chi connectivity index (χ3n) is 4.31. The summed E-state index contributed by atoms with van der Waals surface area (Å²) < 4.78 is 5.54. The molecule has 1 aliphatic heterocycles. The molecule has 1 aromatic heterocycles. The van der Waals surface area contributed by atoms with E-state index in [0.29, 0.717) is 18.7 Å². The molecule has 0 saturated carbocycles. The van der Waals surface area contributed by atoms with E-state index in [0.717, 1.165) is 37.7 Å². The Balaban J connectivity index is 0.00000280. The minimum absolute atomic E-state index is 0. The second-order valence-electron chi connectivity index (χ2n) is 6.21. The fraction of sp³-hybridized carbons (Fsp3) is 0.350. The van der Waals surface area contributed by atoms with Gasteiger partial charge in [0.25, 0.3) is 5.91 Å². The minimum atomic E-state index is -0.131. The number of rotatable bonds is 7. The van der Waals surface area contributed by atoms with Gasteiger partial charge in [0.15, 0.2) is 5.96 Å². The van der Waals surface area contributed by atoms with Crippen molar-refractivity contribution in [3.05, 3.63) is 59.4 Å². The van der Waals surface area contributed by atoms with Crippen LogP contribution in [-0.2, 0) is 12.8 Å². The van der Waals surface area contributed by atoms with Crippen LogP contribution in [-0.4, -0.2) is 50.1 Å². The number of nitrogens with one attached hydrogen (secondary N) is 3. The SMILES string of the molecule is CN=C(NCCNC(=O)c1cccnc1)NCCc1ccc2c(c1)CCO2.I. The van der Waals surface area contributed by atoms with Crippen LogP contribution >= 0.6 is 24.0 Å². The molecule has 0 aliphatic carbocycles. The first-order chi connectivity index (χ1) is 13.3. The molecule has 3 rings (SSSR count). The molecule has 0 saturated heterocycles. The first-order valence-corrected chi connectivity index (χ1v) is 9.13. The van der Waals surface area contributed by atoms with Crippen molar-refractivity contribution in [2.75, 3.05) is 33.3 Å². The van der Waals surface area contributed by atoms with Gasteiger partial charge in [-0.15, -0.1) is 24.0 Å². The van der Waals surface area contributed by atoms with Crippen molar-refractivity contribution in [2.45, 2.75) is 12.8 Å². The fourth-order valence-corrected chi connectivity index (χ4v) is 2.90. The summed E-state index contributed by atoms with van der Waals surface area (Å²) in [4.78, 5) is 20.1. The Morgan fingerprint density at radius 2 is 2.00 bits per heavy atom. The maximum Gasteiger partial charge on any atom is 0.252 e. The standard InChI is InChI=1S/C20H25N5O2.HI/c1-21-20(25-11-10-23-19(26)17-3-2-8-22-14-17)24-9-6-15-4-5-18-16(13-15)7-12-27-18;/h2-5,8,13-14H,6-7,9-12H2,1H3,(H,23,26)(H2,21,24,25);1H. The van der Waals surface area contributed by atoms with E-state index in [4.69, 9.17) is 4.74 Å². The molecule has 2 aromatic rings. The van der Waals surface area contributed by atoms with Crippen LogP contribution in [0.5, 0.6) is 5.75 Å². The molecular weight excluding hydrogens is 469 g/mol. The van der Waals surface area contributed by atoms with Crippen molar-refractivity contribution >= 4 is 35.8 Å². The summed E-state index contributed by atoms with van der Waals surface area (Å²) in [7, 11) is 1.73. The average molecular weight is 495 g/mol. The van der Waals surface area contributed by atoms with Gasteiger partial charge in [-0.2, -0.15) is 0 Å². The van der Waals surface area contributed by atoms with Crippen molar-refractivity contribution in [3.63, 3.8) is 0 Å². The second-order valence-corrected chi connectivity index (χ2v) is 6.21. The Kier molecular flexibility index (Phi) is 8.99. The number of nitrogens with zero attached hydrogens (tertiary/aromatic N) is 2. The third kappa shape index (κ3) is 6.36. The molecule has 2 heterocycles. The summed E-state index contributed by atoms with van der Waals surface area (Å²) >= 11 is 0. The zero-order valence-corrected chi connectivity index (χ0v) is 18.2. The average Bonchev–Trinajstić information content (AvgIpc) is 3.18. The van der Waals surface area contributed by atoms with Gasteiger partial charge in [0.2, 0.25) is 0 Å². The van der Waals surface area contributed by atoms with Crippen LogP contribution in [0.1, 0.15) is 21.5 Å². The number of benzene rings is 1. The van der Waals surface area contributed by atoms with Crippen LogP contribution in [0.15, 0.2) is 47.7 Å². The van der Waals surface area contributed by atoms with Crippen LogP contribution in [0.25, 0.3) is 0 Å². The second kappa shape index (κ2) is 11.5. The Bertz CT molecular complexity index is 798. The number of ether oxygens (including phenoxy) is 1. The smallest absolute Gasteiger partial charge is 0.252 e. The van der Waals surface area contributed by atoms with Gasteiger partial charge in [-0.25, -0.2) is 0 Å². The van der Waals surface area contributed by atoms with Crippen LogP contribution < -0.4 is 20.7 Å². The van der Waals surface area contributed by atoms with Crippen molar-refractivity contribution in [3.8, 4) is 5.75 Å². The van der Waals surface area contributed by atoms with Gasteiger partial charge in [0, 0.05) is 45.5 Å². The molecule has 1 amide bonds. The molecule has 8 heteroatoms. The first-order valence-electron chi connectivity index (χ1n) is 9.13. The number of hydrogen-bond donors (Lipinski definition) is 3. The molecule has 1 aliphatic rings. The molecule has 0 fully saturated rings. The van der Waals surface area contributed by atoms with E-state index in [1.54, 1.807) is 31.6 Å². The summed E-state index contributed by atoms with van der Waals surface area (Å²) in [5, 5.41) is 9.33. The highest BCUT2D eigenvalue weighted by atomic mass is 127. The Morgan fingerprint density at radius 1 is 1.18 bits per heavy atom. The van der Waals surface area contributed by atoms with Gasteiger partial charge in [-0.3, -0.25) is 14.8 Å². The number of carbonyl (C=O) groups is 1. The van der Waals surface area contributed by atoms with Gasteiger partial charge >= 0.3 is 0 Å². The van der Waals surface area contributed by atoms with Gasteiger partial charge in [-0.1, -0.05) is 12.1 Å². The lowest BCUT2D eigenvalue weighted by Crippen LogP contribution is -2.42. The normalized spacial score (nSPS) is 12.4. The number of aromatic nitrogens is 1. The number of hydrogen-bond acceptors (Lipinski definition) is 4. The number of guanidine groups is 1. The van der Waals surface area contributed by atoms with Crippen molar-refractivity contribution < 1.29 is 9.53 Å². The number of pyridine rings is 1. The maximum absolute atomic E-state index is 11.9. The number of carbonyl (C=O) groups excluding carboxylic acids is 1. The molecule has 0 radical (unpaired) electrons. The molecule has 0 unspecified atom stereocenters. The predicted molar refractivity (Wildman–Crippen MR) is 121 cm³/mol. The lowest BCUT2D eigenvalue weighted by atomic mass is 10.1. The predicted octanol–water partition coefficient (Wildman–Crippen LogP) is 1.77. The molecule has 28 heavy (non-hydrogen) atoms. The zero-order chi connectivity index (χ0) is 18.9. The van der Waals surface area contributed by atoms with Crippen LogP contribution in [0.2, 0.25) is 0 Å². The van der Waals surface area contributed by atoms with Gasteiger partial charge in [0.05, 0.1) is 12.2 Å². The summed E-state index contributed by atoms with van der Waals surface area (Å²) in [5.41, 5.74) is 3.13. The summed E-state index contributed by atoms with van der Waals surface area (Å²) in [6.07, 6.45) is 5.09. The van der Waals surface area contributed by atoms with Gasteiger partial charge < -0.3 is 20.7 Å².